The summed E-state index contributed by atoms with van der Waals surface area (Å²) in [5.74, 6) is 1.46. The molecule has 27 heavy (non-hydrogen) atoms. The Morgan fingerprint density at radius 3 is 2.67 bits per heavy atom. The van der Waals surface area contributed by atoms with Gasteiger partial charge >= 0.3 is 0 Å². The molecule has 1 saturated carbocycles. The summed E-state index contributed by atoms with van der Waals surface area (Å²) in [6, 6.07) is 13.6. The number of carbonyl (C=O) groups excluding carboxylic acids is 1. The summed E-state index contributed by atoms with van der Waals surface area (Å²) in [6.07, 6.45) is 5.03. The maximum atomic E-state index is 13.1. The first-order valence-electron chi connectivity index (χ1n) is 9.00. The minimum absolute atomic E-state index is 0.0170. The summed E-state index contributed by atoms with van der Waals surface area (Å²) < 4.78 is 16.0. The van der Waals surface area contributed by atoms with Crippen LogP contribution in [0.1, 0.15) is 24.0 Å². The summed E-state index contributed by atoms with van der Waals surface area (Å²) >= 11 is 0. The van der Waals surface area contributed by atoms with Gasteiger partial charge in [0.25, 0.3) is 0 Å². The Kier molecular flexibility index (Phi) is 3.50. The van der Waals surface area contributed by atoms with Crippen molar-refractivity contribution in [2.45, 2.75) is 25.2 Å². The summed E-state index contributed by atoms with van der Waals surface area (Å²) in [5, 5.41) is 3.10. The summed E-state index contributed by atoms with van der Waals surface area (Å²) in [4.78, 5) is 13.1. The molecule has 3 aromatic rings. The first-order valence-corrected chi connectivity index (χ1v) is 9.00. The molecule has 0 radical (unpaired) electrons. The van der Waals surface area contributed by atoms with Crippen molar-refractivity contribution >= 4 is 11.6 Å². The minimum atomic E-state index is -0.484. The first-order chi connectivity index (χ1) is 13.2. The van der Waals surface area contributed by atoms with Gasteiger partial charge in [0, 0.05) is 11.3 Å². The standard InChI is InChI=1S/C22H19NO4/c1-14-2-4-17(11-18(14)15-6-9-25-12-15)23-21(24)22(7-8-22)16-3-5-19-20(10-16)27-13-26-19/h2-6,9-12H,7-8,13H2,1H3,(H,23,24). The Balaban J connectivity index is 1.41. The van der Waals surface area contributed by atoms with Crippen LogP contribution in [0.4, 0.5) is 5.69 Å². The van der Waals surface area contributed by atoms with Crippen LogP contribution in [0.3, 0.4) is 0 Å². The molecule has 0 spiro atoms. The van der Waals surface area contributed by atoms with Gasteiger partial charge < -0.3 is 19.2 Å². The fourth-order valence-corrected chi connectivity index (χ4v) is 3.65. The summed E-state index contributed by atoms with van der Waals surface area (Å²) in [5.41, 5.74) is 4.46. The Hall–Kier alpha value is -3.21. The highest BCUT2D eigenvalue weighted by atomic mass is 16.7. The molecule has 0 saturated heterocycles. The van der Waals surface area contributed by atoms with Gasteiger partial charge in [-0.1, -0.05) is 12.1 Å². The number of fused-ring (bicyclic) bond motifs is 1. The Morgan fingerprint density at radius 1 is 1.04 bits per heavy atom. The lowest BCUT2D eigenvalue weighted by atomic mass is 9.94. The number of amides is 1. The van der Waals surface area contributed by atoms with E-state index < -0.39 is 5.41 Å². The van der Waals surface area contributed by atoms with Crippen LogP contribution in [0.15, 0.2) is 59.4 Å². The van der Waals surface area contributed by atoms with Crippen LogP contribution in [0.25, 0.3) is 11.1 Å². The molecule has 5 heteroatoms. The Labute approximate surface area is 156 Å². The zero-order valence-electron chi connectivity index (χ0n) is 15.0. The van der Waals surface area contributed by atoms with Crippen LogP contribution in [-0.2, 0) is 10.2 Å². The second kappa shape index (κ2) is 5.91. The SMILES string of the molecule is Cc1ccc(NC(=O)C2(c3ccc4c(c3)OCO4)CC2)cc1-c1ccoc1. The van der Waals surface area contributed by atoms with Gasteiger partial charge in [-0.05, 0) is 66.8 Å². The number of carbonyl (C=O) groups is 1. The van der Waals surface area contributed by atoms with Gasteiger partial charge in [-0.15, -0.1) is 0 Å². The molecule has 1 aliphatic heterocycles. The number of rotatable bonds is 4. The van der Waals surface area contributed by atoms with Crippen molar-refractivity contribution in [3.8, 4) is 22.6 Å². The predicted octanol–water partition coefficient (Wildman–Crippen LogP) is 4.65. The van der Waals surface area contributed by atoms with Gasteiger partial charge in [0.1, 0.15) is 0 Å². The van der Waals surface area contributed by atoms with Gasteiger partial charge in [-0.2, -0.15) is 0 Å². The van der Waals surface area contributed by atoms with Crippen molar-refractivity contribution in [2.75, 3.05) is 12.1 Å². The molecule has 1 N–H and O–H groups in total. The maximum Gasteiger partial charge on any atom is 0.235 e. The van der Waals surface area contributed by atoms with Gasteiger partial charge in [0.2, 0.25) is 12.7 Å². The van der Waals surface area contributed by atoms with Crippen LogP contribution < -0.4 is 14.8 Å². The minimum Gasteiger partial charge on any atom is -0.472 e. The number of nitrogens with one attached hydrogen (secondary N) is 1. The third-order valence-corrected chi connectivity index (χ3v) is 5.44. The van der Waals surface area contributed by atoms with Crippen molar-refractivity contribution in [1.82, 2.24) is 0 Å². The first kappa shape index (κ1) is 16.0. The maximum absolute atomic E-state index is 13.1. The molecule has 5 rings (SSSR count). The van der Waals surface area contributed by atoms with E-state index in [0.717, 1.165) is 46.5 Å². The average Bonchev–Trinajstić information content (AvgIpc) is 3.09. The third kappa shape index (κ3) is 2.67. The molecule has 2 aromatic carbocycles. The summed E-state index contributed by atoms with van der Waals surface area (Å²) in [7, 11) is 0. The lowest BCUT2D eigenvalue weighted by Gasteiger charge is -2.17. The second-order valence-corrected chi connectivity index (χ2v) is 7.15. The molecule has 1 amide bonds. The molecule has 2 aliphatic rings. The molecule has 2 heterocycles. The average molecular weight is 361 g/mol. The Bertz CT molecular complexity index is 1020. The van der Waals surface area contributed by atoms with Crippen molar-refractivity contribution < 1.29 is 18.7 Å². The molecule has 1 aliphatic carbocycles. The fourth-order valence-electron chi connectivity index (χ4n) is 3.65. The van der Waals surface area contributed by atoms with E-state index in [-0.39, 0.29) is 12.7 Å². The fraction of sp³-hybridized carbons (Fsp3) is 0.227. The zero-order chi connectivity index (χ0) is 18.4. The van der Waals surface area contributed by atoms with Crippen molar-refractivity contribution in [1.29, 1.82) is 0 Å². The molecule has 5 nitrogen and oxygen atoms in total. The van der Waals surface area contributed by atoms with Crippen LogP contribution in [0.5, 0.6) is 11.5 Å². The lowest BCUT2D eigenvalue weighted by Crippen LogP contribution is -2.27. The van der Waals surface area contributed by atoms with Crippen molar-refractivity contribution in [3.05, 3.63) is 66.1 Å². The molecule has 0 bridgehead atoms. The van der Waals surface area contributed by atoms with E-state index in [0.29, 0.717) is 5.75 Å². The van der Waals surface area contributed by atoms with E-state index in [9.17, 15) is 4.79 Å². The predicted molar refractivity (Wildman–Crippen MR) is 101 cm³/mol. The number of ether oxygens (including phenoxy) is 2. The van der Waals surface area contributed by atoms with Crippen molar-refractivity contribution in [3.63, 3.8) is 0 Å². The zero-order valence-corrected chi connectivity index (χ0v) is 15.0. The highest BCUT2D eigenvalue weighted by Gasteiger charge is 2.51. The highest BCUT2D eigenvalue weighted by molar-refractivity contribution is 6.02. The van der Waals surface area contributed by atoms with Gasteiger partial charge in [0.05, 0.1) is 17.9 Å². The van der Waals surface area contributed by atoms with E-state index in [4.69, 9.17) is 13.9 Å². The van der Waals surface area contributed by atoms with Crippen molar-refractivity contribution in [2.24, 2.45) is 0 Å². The quantitative estimate of drug-likeness (QED) is 0.734. The van der Waals surface area contributed by atoms with Crippen LogP contribution in [0, 0.1) is 6.92 Å². The van der Waals surface area contributed by atoms with E-state index in [2.05, 4.69) is 5.32 Å². The third-order valence-electron chi connectivity index (χ3n) is 5.44. The molecule has 0 unspecified atom stereocenters. The normalized spacial score (nSPS) is 16.2. The van der Waals surface area contributed by atoms with E-state index in [1.807, 2.05) is 49.4 Å². The number of aryl methyl sites for hydroxylation is 1. The van der Waals surface area contributed by atoms with Crippen LogP contribution in [-0.4, -0.2) is 12.7 Å². The number of hydrogen-bond donors (Lipinski definition) is 1. The van der Waals surface area contributed by atoms with Crippen LogP contribution in [0.2, 0.25) is 0 Å². The molecule has 1 aromatic heterocycles. The number of hydrogen-bond acceptors (Lipinski definition) is 4. The molecular formula is C22H19NO4. The van der Waals surface area contributed by atoms with Gasteiger partial charge in [-0.25, -0.2) is 0 Å². The largest absolute Gasteiger partial charge is 0.472 e. The van der Waals surface area contributed by atoms with Gasteiger partial charge in [0.15, 0.2) is 11.5 Å². The number of benzene rings is 2. The number of anilines is 1. The molecule has 1 fully saturated rings. The summed E-state index contributed by atoms with van der Waals surface area (Å²) in [6.45, 7) is 2.28. The van der Waals surface area contributed by atoms with E-state index in [1.54, 1.807) is 12.5 Å². The van der Waals surface area contributed by atoms with E-state index in [1.165, 1.54) is 0 Å². The van der Waals surface area contributed by atoms with Gasteiger partial charge in [-0.3, -0.25) is 4.79 Å². The Morgan fingerprint density at radius 2 is 1.89 bits per heavy atom. The topological polar surface area (TPSA) is 60.7 Å². The smallest absolute Gasteiger partial charge is 0.235 e. The highest BCUT2D eigenvalue weighted by Crippen LogP contribution is 2.51. The monoisotopic (exact) mass is 361 g/mol. The molecular weight excluding hydrogens is 342 g/mol. The van der Waals surface area contributed by atoms with E-state index >= 15 is 0 Å². The lowest BCUT2D eigenvalue weighted by molar-refractivity contribution is -0.118. The van der Waals surface area contributed by atoms with Crippen LogP contribution >= 0.6 is 0 Å². The number of furan rings is 1. The molecule has 0 atom stereocenters. The molecule has 136 valence electrons. The second-order valence-electron chi connectivity index (χ2n) is 7.15.